The van der Waals surface area contributed by atoms with Crippen LogP contribution in [0.3, 0.4) is 0 Å². The van der Waals surface area contributed by atoms with E-state index in [1.165, 1.54) is 6.07 Å². The first-order valence-electron chi connectivity index (χ1n) is 4.59. The smallest absolute Gasteiger partial charge is 0.293 e. The van der Waals surface area contributed by atoms with Gasteiger partial charge in [-0.05, 0) is 46.7 Å². The summed E-state index contributed by atoms with van der Waals surface area (Å²) in [6.45, 7) is 0.589. The molecule has 0 atom stereocenters. The van der Waals surface area contributed by atoms with Crippen molar-refractivity contribution in [2.45, 2.75) is 6.42 Å². The summed E-state index contributed by atoms with van der Waals surface area (Å²) in [6.07, 6.45) is 0.572. The molecule has 0 aromatic carbocycles. The van der Waals surface area contributed by atoms with Crippen LogP contribution in [-0.2, 0) is 0 Å². The Labute approximate surface area is 106 Å². The first-order chi connectivity index (χ1) is 7.63. The minimum absolute atomic E-state index is 0.0781. The number of halogens is 1. The highest BCUT2D eigenvalue weighted by Gasteiger charge is 2.11. The molecule has 7 heteroatoms. The molecule has 0 fully saturated rings. The summed E-state index contributed by atoms with van der Waals surface area (Å²) in [5, 5.41) is 14.0. The number of aliphatic hydroxyl groups excluding tert-OH is 1. The topological polar surface area (TPSA) is 74.5 Å². The van der Waals surface area contributed by atoms with Gasteiger partial charge in [-0.25, -0.2) is 0 Å². The van der Waals surface area contributed by atoms with Crippen LogP contribution in [0.4, 0.5) is 0 Å². The lowest BCUT2D eigenvalue weighted by molar-refractivity contribution is 0.0948. The van der Waals surface area contributed by atoms with Crippen LogP contribution in [0.25, 0.3) is 0 Å². The molecule has 0 saturated heterocycles. The Kier molecular flexibility index (Phi) is 5.44. The van der Waals surface area contributed by atoms with Gasteiger partial charge in [-0.1, -0.05) is 0 Å². The highest BCUT2D eigenvalue weighted by Crippen LogP contribution is 2.13. The Morgan fingerprint density at radius 2 is 2.31 bits per heavy atom. The van der Waals surface area contributed by atoms with Gasteiger partial charge in [0.1, 0.15) is 0 Å². The maximum atomic E-state index is 11.5. The fourth-order valence-electron chi connectivity index (χ4n) is 0.926. The minimum Gasteiger partial charge on any atom is -0.444 e. The number of furan rings is 1. The average molecular weight is 307 g/mol. The van der Waals surface area contributed by atoms with Gasteiger partial charge in [0.2, 0.25) is 0 Å². The molecule has 0 radical (unpaired) electrons. The van der Waals surface area contributed by atoms with Crippen LogP contribution < -0.4 is 10.6 Å². The molecule has 0 bridgehead atoms. The molecule has 3 N–H and O–H groups in total. The second-order valence-corrected chi connectivity index (χ2v) is 4.08. The normalized spacial score (nSPS) is 9.88. The number of thiocarbonyl (C=S) groups is 1. The van der Waals surface area contributed by atoms with Crippen molar-refractivity contribution in [1.29, 1.82) is 0 Å². The summed E-state index contributed by atoms with van der Waals surface area (Å²) in [7, 11) is 0. The Morgan fingerprint density at radius 3 is 2.88 bits per heavy atom. The van der Waals surface area contributed by atoms with E-state index in [0.717, 1.165) is 0 Å². The third kappa shape index (κ3) is 4.30. The number of carbonyl (C=O) groups excluding carboxylic acids is 1. The van der Waals surface area contributed by atoms with E-state index in [4.69, 9.17) is 21.7 Å². The van der Waals surface area contributed by atoms with Crippen LogP contribution in [0, 0.1) is 0 Å². The van der Waals surface area contributed by atoms with Crippen LogP contribution >= 0.6 is 28.1 Å². The lowest BCUT2D eigenvalue weighted by atomic mass is 10.4. The minimum atomic E-state index is -0.410. The third-order valence-corrected chi connectivity index (χ3v) is 2.32. The molecule has 0 spiro atoms. The lowest BCUT2D eigenvalue weighted by Gasteiger charge is -2.07. The van der Waals surface area contributed by atoms with Crippen molar-refractivity contribution >= 4 is 39.2 Å². The van der Waals surface area contributed by atoms with E-state index in [2.05, 4.69) is 26.6 Å². The number of hydrogen-bond acceptors (Lipinski definition) is 4. The van der Waals surface area contributed by atoms with Crippen molar-refractivity contribution in [2.24, 2.45) is 0 Å². The van der Waals surface area contributed by atoms with Crippen LogP contribution in [0.15, 0.2) is 21.2 Å². The van der Waals surface area contributed by atoms with E-state index in [-0.39, 0.29) is 17.5 Å². The highest BCUT2D eigenvalue weighted by molar-refractivity contribution is 9.10. The number of hydrogen-bond donors (Lipinski definition) is 3. The average Bonchev–Trinajstić information content (AvgIpc) is 2.65. The fourth-order valence-corrected chi connectivity index (χ4v) is 1.43. The number of carbonyl (C=O) groups is 1. The molecule has 1 amide bonds. The van der Waals surface area contributed by atoms with Gasteiger partial charge < -0.3 is 14.8 Å². The quantitative estimate of drug-likeness (QED) is 0.572. The van der Waals surface area contributed by atoms with Crippen LogP contribution in [-0.4, -0.2) is 29.3 Å². The molecule has 16 heavy (non-hydrogen) atoms. The molecule has 0 aliphatic rings. The lowest BCUT2D eigenvalue weighted by Crippen LogP contribution is -2.39. The van der Waals surface area contributed by atoms with Gasteiger partial charge in [-0.15, -0.1) is 0 Å². The summed E-state index contributed by atoms with van der Waals surface area (Å²) in [6, 6.07) is 3.16. The van der Waals surface area contributed by atoms with Gasteiger partial charge >= 0.3 is 0 Å². The van der Waals surface area contributed by atoms with E-state index in [1.54, 1.807) is 6.07 Å². The zero-order chi connectivity index (χ0) is 12.0. The van der Waals surface area contributed by atoms with Crippen molar-refractivity contribution in [3.05, 3.63) is 22.6 Å². The molecule has 1 rings (SSSR count). The zero-order valence-corrected chi connectivity index (χ0v) is 10.7. The van der Waals surface area contributed by atoms with Gasteiger partial charge in [-0.3, -0.25) is 10.1 Å². The molecule has 1 aromatic heterocycles. The summed E-state index contributed by atoms with van der Waals surface area (Å²) < 4.78 is 5.53. The van der Waals surface area contributed by atoms with E-state index in [1.807, 2.05) is 0 Å². The van der Waals surface area contributed by atoms with Crippen LogP contribution in [0.2, 0.25) is 0 Å². The molecular weight excluding hydrogens is 296 g/mol. The third-order valence-electron chi connectivity index (χ3n) is 1.64. The molecule has 1 heterocycles. The standard InChI is InChI=1S/C9H11BrN2O3S/c10-7-3-2-6(15-7)8(14)12-9(16)11-4-1-5-13/h2-3,13H,1,4-5H2,(H2,11,12,14,16). The Morgan fingerprint density at radius 1 is 1.56 bits per heavy atom. The van der Waals surface area contributed by atoms with E-state index in [0.29, 0.717) is 17.6 Å². The van der Waals surface area contributed by atoms with E-state index < -0.39 is 5.91 Å². The monoisotopic (exact) mass is 306 g/mol. The first-order valence-corrected chi connectivity index (χ1v) is 5.79. The maximum absolute atomic E-state index is 11.5. The predicted octanol–water partition coefficient (Wildman–Crippen LogP) is 1.03. The Bertz CT molecular complexity index is 381. The van der Waals surface area contributed by atoms with E-state index >= 15 is 0 Å². The number of aliphatic hydroxyl groups is 1. The SMILES string of the molecule is O=C(NC(=S)NCCCO)c1ccc(Br)o1. The molecule has 0 saturated carbocycles. The van der Waals surface area contributed by atoms with Gasteiger partial charge in [0.15, 0.2) is 15.5 Å². The van der Waals surface area contributed by atoms with Crippen molar-refractivity contribution in [2.75, 3.05) is 13.2 Å². The molecule has 88 valence electrons. The number of rotatable bonds is 4. The zero-order valence-electron chi connectivity index (χ0n) is 8.33. The molecule has 0 aliphatic heterocycles. The fraction of sp³-hybridized carbons (Fsp3) is 0.333. The Balaban J connectivity index is 2.37. The Hall–Kier alpha value is -0.920. The van der Waals surface area contributed by atoms with E-state index in [9.17, 15) is 4.79 Å². The molecule has 0 unspecified atom stereocenters. The second-order valence-electron chi connectivity index (χ2n) is 2.89. The van der Waals surface area contributed by atoms with Crippen molar-refractivity contribution < 1.29 is 14.3 Å². The molecule has 1 aromatic rings. The molecule has 0 aliphatic carbocycles. The largest absolute Gasteiger partial charge is 0.444 e. The summed E-state index contributed by atoms with van der Waals surface area (Å²) in [4.78, 5) is 11.5. The summed E-state index contributed by atoms with van der Waals surface area (Å²) >= 11 is 7.97. The molecular formula is C9H11BrN2O3S. The molecule has 5 nitrogen and oxygen atoms in total. The van der Waals surface area contributed by atoms with Crippen molar-refractivity contribution in [3.8, 4) is 0 Å². The van der Waals surface area contributed by atoms with Crippen LogP contribution in [0.5, 0.6) is 0 Å². The van der Waals surface area contributed by atoms with Gasteiger partial charge in [0.05, 0.1) is 0 Å². The number of amides is 1. The highest BCUT2D eigenvalue weighted by atomic mass is 79.9. The predicted molar refractivity (Wildman–Crippen MR) is 66.2 cm³/mol. The number of nitrogens with one attached hydrogen (secondary N) is 2. The van der Waals surface area contributed by atoms with Gasteiger partial charge in [0.25, 0.3) is 5.91 Å². The van der Waals surface area contributed by atoms with Crippen molar-refractivity contribution in [1.82, 2.24) is 10.6 Å². The van der Waals surface area contributed by atoms with Gasteiger partial charge in [0, 0.05) is 13.2 Å². The summed E-state index contributed by atoms with van der Waals surface area (Å²) in [5.41, 5.74) is 0. The summed E-state index contributed by atoms with van der Waals surface area (Å²) in [5.74, 6) is -0.231. The van der Waals surface area contributed by atoms with Crippen molar-refractivity contribution in [3.63, 3.8) is 0 Å². The maximum Gasteiger partial charge on any atom is 0.293 e. The second kappa shape index (κ2) is 6.62. The van der Waals surface area contributed by atoms with Crippen LogP contribution in [0.1, 0.15) is 17.0 Å². The van der Waals surface area contributed by atoms with Gasteiger partial charge in [-0.2, -0.15) is 0 Å². The first kappa shape index (κ1) is 13.1.